The van der Waals surface area contributed by atoms with Crippen molar-refractivity contribution < 1.29 is 9.13 Å². The molecular formula is C16H15FN2O. The molecule has 0 fully saturated rings. The number of halogens is 1. The Bertz CT molecular complexity index is 662. The predicted molar refractivity (Wildman–Crippen MR) is 76.2 cm³/mol. The first-order valence-corrected chi connectivity index (χ1v) is 6.21. The van der Waals surface area contributed by atoms with Crippen LogP contribution in [0.4, 0.5) is 10.1 Å². The topological polar surface area (TPSA) is 45.0 Å². The molecule has 20 heavy (non-hydrogen) atoms. The molecule has 0 bridgehead atoms. The number of ether oxygens (including phenoxy) is 1. The minimum absolute atomic E-state index is 0.216. The summed E-state index contributed by atoms with van der Waals surface area (Å²) in [6.07, 6.45) is 0. The highest BCUT2D eigenvalue weighted by molar-refractivity contribution is 5.49. The third-order valence-electron chi connectivity index (χ3n) is 3.04. The number of nitrogens with one attached hydrogen (secondary N) is 1. The van der Waals surface area contributed by atoms with Crippen molar-refractivity contribution in [3.63, 3.8) is 0 Å². The first-order valence-electron chi connectivity index (χ1n) is 6.21. The Labute approximate surface area is 117 Å². The first-order chi connectivity index (χ1) is 9.63. The van der Waals surface area contributed by atoms with E-state index >= 15 is 0 Å². The average molecular weight is 270 g/mol. The van der Waals surface area contributed by atoms with Crippen LogP contribution in [0.3, 0.4) is 0 Å². The minimum Gasteiger partial charge on any atom is -0.495 e. The lowest BCUT2D eigenvalue weighted by molar-refractivity contribution is 0.413. The molecule has 0 radical (unpaired) electrons. The second kappa shape index (κ2) is 6.07. The molecule has 1 N–H and O–H groups in total. The Morgan fingerprint density at radius 1 is 1.25 bits per heavy atom. The molecular weight excluding hydrogens is 255 g/mol. The van der Waals surface area contributed by atoms with Crippen LogP contribution in [0.2, 0.25) is 0 Å². The molecule has 4 heteroatoms. The van der Waals surface area contributed by atoms with Crippen LogP contribution in [0.1, 0.15) is 16.7 Å². The number of methoxy groups -OCH3 is 1. The van der Waals surface area contributed by atoms with Crippen LogP contribution in [-0.2, 0) is 6.54 Å². The third-order valence-corrected chi connectivity index (χ3v) is 3.04. The maximum atomic E-state index is 13.2. The van der Waals surface area contributed by atoms with Crippen molar-refractivity contribution in [2.45, 2.75) is 13.5 Å². The number of anilines is 1. The second-order valence-electron chi connectivity index (χ2n) is 4.46. The molecule has 0 heterocycles. The number of hydrogen-bond donors (Lipinski definition) is 1. The fraction of sp³-hybridized carbons (Fsp3) is 0.188. The SMILES string of the molecule is COc1ccc(CNc2ccc(F)c(C)c2)cc1C#N. The molecule has 0 saturated carbocycles. The van der Waals surface area contributed by atoms with Gasteiger partial charge in [0, 0.05) is 12.2 Å². The Hall–Kier alpha value is -2.54. The zero-order valence-electron chi connectivity index (χ0n) is 11.4. The number of nitriles is 1. The van der Waals surface area contributed by atoms with Crippen LogP contribution in [0.5, 0.6) is 5.75 Å². The summed E-state index contributed by atoms with van der Waals surface area (Å²) in [6, 6.07) is 12.4. The van der Waals surface area contributed by atoms with Gasteiger partial charge in [0.1, 0.15) is 17.6 Å². The molecule has 0 saturated heterocycles. The fourth-order valence-electron chi connectivity index (χ4n) is 1.91. The van der Waals surface area contributed by atoms with Gasteiger partial charge in [-0.3, -0.25) is 0 Å². The molecule has 0 spiro atoms. The zero-order chi connectivity index (χ0) is 14.5. The standard InChI is InChI=1S/C16H15FN2O/c1-11-7-14(4-5-15(11)17)19-10-12-3-6-16(20-2)13(8-12)9-18/h3-8,19H,10H2,1-2H3. The molecule has 0 aliphatic carbocycles. The van der Waals surface area contributed by atoms with Gasteiger partial charge >= 0.3 is 0 Å². The lowest BCUT2D eigenvalue weighted by atomic mass is 10.1. The second-order valence-corrected chi connectivity index (χ2v) is 4.46. The van der Waals surface area contributed by atoms with Gasteiger partial charge in [0.15, 0.2) is 0 Å². The summed E-state index contributed by atoms with van der Waals surface area (Å²) in [4.78, 5) is 0. The largest absolute Gasteiger partial charge is 0.495 e. The summed E-state index contributed by atoms with van der Waals surface area (Å²) in [6.45, 7) is 2.28. The Balaban J connectivity index is 2.11. The van der Waals surface area contributed by atoms with E-state index in [4.69, 9.17) is 10.00 Å². The lowest BCUT2D eigenvalue weighted by Crippen LogP contribution is -2.01. The van der Waals surface area contributed by atoms with Gasteiger partial charge in [-0.1, -0.05) is 6.07 Å². The van der Waals surface area contributed by atoms with E-state index in [9.17, 15) is 4.39 Å². The summed E-state index contributed by atoms with van der Waals surface area (Å²) in [5.74, 6) is 0.348. The van der Waals surface area contributed by atoms with Gasteiger partial charge in [0.2, 0.25) is 0 Å². The van der Waals surface area contributed by atoms with E-state index in [-0.39, 0.29) is 5.82 Å². The average Bonchev–Trinajstić information content (AvgIpc) is 2.48. The van der Waals surface area contributed by atoms with E-state index < -0.39 is 0 Å². The minimum atomic E-state index is -0.216. The fourth-order valence-corrected chi connectivity index (χ4v) is 1.91. The van der Waals surface area contributed by atoms with Crippen molar-refractivity contribution in [1.29, 1.82) is 5.26 Å². The molecule has 0 unspecified atom stereocenters. The normalized spacial score (nSPS) is 9.90. The number of benzene rings is 2. The summed E-state index contributed by atoms with van der Waals surface area (Å²) < 4.78 is 18.3. The first kappa shape index (κ1) is 13.9. The molecule has 3 nitrogen and oxygen atoms in total. The van der Waals surface area contributed by atoms with E-state index in [1.807, 2.05) is 6.07 Å². The van der Waals surface area contributed by atoms with Crippen LogP contribution >= 0.6 is 0 Å². The highest BCUT2D eigenvalue weighted by Crippen LogP contribution is 2.20. The Kier molecular flexibility index (Phi) is 4.21. The molecule has 102 valence electrons. The van der Waals surface area contributed by atoms with Crippen LogP contribution in [-0.4, -0.2) is 7.11 Å². The van der Waals surface area contributed by atoms with Crippen LogP contribution in [0.15, 0.2) is 36.4 Å². The number of rotatable bonds is 4. The summed E-state index contributed by atoms with van der Waals surface area (Å²) >= 11 is 0. The van der Waals surface area contributed by atoms with Crippen LogP contribution < -0.4 is 10.1 Å². The van der Waals surface area contributed by atoms with E-state index in [0.717, 1.165) is 11.3 Å². The maximum absolute atomic E-state index is 13.2. The monoisotopic (exact) mass is 270 g/mol. The molecule has 0 atom stereocenters. The predicted octanol–water partition coefficient (Wildman–Crippen LogP) is 3.63. The quantitative estimate of drug-likeness (QED) is 0.922. The van der Waals surface area contributed by atoms with Crippen molar-refractivity contribution in [2.24, 2.45) is 0 Å². The summed E-state index contributed by atoms with van der Waals surface area (Å²) in [7, 11) is 1.54. The van der Waals surface area contributed by atoms with Crippen molar-refractivity contribution in [1.82, 2.24) is 0 Å². The summed E-state index contributed by atoms with van der Waals surface area (Å²) in [5.41, 5.74) is 2.91. The highest BCUT2D eigenvalue weighted by Gasteiger charge is 2.04. The molecule has 0 aliphatic rings. The molecule has 2 aromatic carbocycles. The van der Waals surface area contributed by atoms with Crippen LogP contribution in [0.25, 0.3) is 0 Å². The van der Waals surface area contributed by atoms with E-state index in [1.165, 1.54) is 13.2 Å². The van der Waals surface area contributed by atoms with E-state index in [1.54, 1.807) is 31.2 Å². The van der Waals surface area contributed by atoms with Crippen molar-refractivity contribution >= 4 is 5.69 Å². The van der Waals surface area contributed by atoms with Crippen molar-refractivity contribution in [3.05, 3.63) is 58.9 Å². The molecule has 0 aromatic heterocycles. The Morgan fingerprint density at radius 2 is 2.05 bits per heavy atom. The summed E-state index contributed by atoms with van der Waals surface area (Å²) in [5, 5.41) is 12.2. The molecule has 0 amide bonds. The van der Waals surface area contributed by atoms with Gasteiger partial charge < -0.3 is 10.1 Å². The molecule has 0 aliphatic heterocycles. The van der Waals surface area contributed by atoms with Crippen LogP contribution in [0, 0.1) is 24.1 Å². The van der Waals surface area contributed by atoms with Gasteiger partial charge in [0.05, 0.1) is 12.7 Å². The van der Waals surface area contributed by atoms with Gasteiger partial charge in [0.25, 0.3) is 0 Å². The van der Waals surface area contributed by atoms with Gasteiger partial charge in [-0.15, -0.1) is 0 Å². The van der Waals surface area contributed by atoms with Gasteiger partial charge in [-0.25, -0.2) is 4.39 Å². The van der Waals surface area contributed by atoms with Crippen molar-refractivity contribution in [2.75, 3.05) is 12.4 Å². The third kappa shape index (κ3) is 3.07. The smallest absolute Gasteiger partial charge is 0.136 e. The molecule has 2 aromatic rings. The van der Waals surface area contributed by atoms with Crippen molar-refractivity contribution in [3.8, 4) is 11.8 Å². The number of nitrogens with zero attached hydrogens (tertiary/aromatic N) is 1. The van der Waals surface area contributed by atoms with E-state index in [2.05, 4.69) is 11.4 Å². The van der Waals surface area contributed by atoms with Gasteiger partial charge in [-0.05, 0) is 48.4 Å². The zero-order valence-corrected chi connectivity index (χ0v) is 11.4. The Morgan fingerprint density at radius 3 is 2.70 bits per heavy atom. The lowest BCUT2D eigenvalue weighted by Gasteiger charge is -2.09. The molecule has 2 rings (SSSR count). The maximum Gasteiger partial charge on any atom is 0.136 e. The highest BCUT2D eigenvalue weighted by atomic mass is 19.1. The number of hydrogen-bond acceptors (Lipinski definition) is 3. The van der Waals surface area contributed by atoms with Gasteiger partial charge in [-0.2, -0.15) is 5.26 Å². The van der Waals surface area contributed by atoms with E-state index in [0.29, 0.717) is 23.4 Å². The number of aryl methyl sites for hydroxylation is 1.